The van der Waals surface area contributed by atoms with Gasteiger partial charge >= 0.3 is 4.87 Å². The second-order valence-electron chi connectivity index (χ2n) is 3.28. The van der Waals surface area contributed by atoms with Gasteiger partial charge in [-0.15, -0.1) is 0 Å². The summed E-state index contributed by atoms with van der Waals surface area (Å²) in [5.41, 5.74) is 0.926. The Morgan fingerprint density at radius 3 is 2.86 bits per heavy atom. The van der Waals surface area contributed by atoms with Gasteiger partial charge in [-0.25, -0.2) is 0 Å². The van der Waals surface area contributed by atoms with Crippen molar-refractivity contribution in [3.63, 3.8) is 0 Å². The number of methoxy groups -OCH3 is 1. The van der Waals surface area contributed by atoms with E-state index in [9.17, 15) is 4.79 Å². The molecule has 1 aromatic rings. The molecule has 0 aliphatic heterocycles. The normalized spacial score (nSPS) is 15.4. The molecule has 0 aromatic carbocycles. The van der Waals surface area contributed by atoms with Gasteiger partial charge in [0.15, 0.2) is 0 Å². The lowest BCUT2D eigenvalue weighted by molar-refractivity contribution is 0.0881. The molecule has 1 rings (SSSR count). The molecule has 2 unspecified atom stereocenters. The molecule has 0 fully saturated rings. The zero-order valence-electron chi connectivity index (χ0n) is 8.66. The molecule has 1 aromatic heterocycles. The van der Waals surface area contributed by atoms with Crippen LogP contribution in [-0.2, 0) is 11.3 Å². The smallest absolute Gasteiger partial charge is 0.304 e. The molecule has 0 aliphatic carbocycles. The number of rotatable bonds is 5. The van der Waals surface area contributed by atoms with Crippen LogP contribution < -0.4 is 10.2 Å². The van der Waals surface area contributed by atoms with Crippen LogP contribution >= 0.6 is 11.3 Å². The maximum Gasteiger partial charge on any atom is 0.304 e. The molecule has 2 N–H and O–H groups in total. The van der Waals surface area contributed by atoms with Crippen molar-refractivity contribution < 1.29 is 4.74 Å². The Morgan fingerprint density at radius 2 is 2.36 bits per heavy atom. The fraction of sp³-hybridized carbons (Fsp3) is 0.667. The molecule has 2 atom stereocenters. The van der Waals surface area contributed by atoms with Crippen molar-refractivity contribution in [3.05, 3.63) is 20.7 Å². The fourth-order valence-electron chi connectivity index (χ4n) is 1.04. The summed E-state index contributed by atoms with van der Waals surface area (Å²) >= 11 is 1.19. The molecular formula is C9H16N2O2S. The molecular weight excluding hydrogens is 200 g/mol. The van der Waals surface area contributed by atoms with Crippen molar-refractivity contribution in [1.29, 1.82) is 0 Å². The van der Waals surface area contributed by atoms with Crippen molar-refractivity contribution in [3.8, 4) is 0 Å². The number of hydrogen-bond acceptors (Lipinski definition) is 4. The third-order valence-electron chi connectivity index (χ3n) is 2.26. The molecule has 0 amide bonds. The highest BCUT2D eigenvalue weighted by Gasteiger charge is 2.10. The second-order valence-corrected chi connectivity index (χ2v) is 4.13. The van der Waals surface area contributed by atoms with E-state index < -0.39 is 0 Å². The number of aromatic nitrogens is 1. The molecule has 0 bridgehead atoms. The van der Waals surface area contributed by atoms with Crippen LogP contribution in [0.5, 0.6) is 0 Å². The maximum absolute atomic E-state index is 10.8. The van der Waals surface area contributed by atoms with E-state index in [1.54, 1.807) is 7.11 Å². The molecule has 80 valence electrons. The Labute approximate surface area is 87.3 Å². The van der Waals surface area contributed by atoms with Crippen molar-refractivity contribution in [2.24, 2.45) is 0 Å². The molecule has 5 heteroatoms. The van der Waals surface area contributed by atoms with Crippen molar-refractivity contribution in [2.45, 2.75) is 32.5 Å². The number of H-pyrrole nitrogens is 1. The first-order valence-corrected chi connectivity index (χ1v) is 5.44. The van der Waals surface area contributed by atoms with Crippen LogP contribution in [0.2, 0.25) is 0 Å². The minimum absolute atomic E-state index is 0.00533. The Hall–Kier alpha value is -0.650. The summed E-state index contributed by atoms with van der Waals surface area (Å²) in [7, 11) is 1.69. The largest absolute Gasteiger partial charge is 0.380 e. The van der Waals surface area contributed by atoms with Crippen molar-refractivity contribution in [1.82, 2.24) is 10.3 Å². The molecule has 0 aliphatic rings. The summed E-state index contributed by atoms with van der Waals surface area (Å²) in [4.78, 5) is 13.6. The Balaban J connectivity index is 2.37. The predicted octanol–water partition coefficient (Wildman–Crippen LogP) is 0.949. The molecule has 14 heavy (non-hydrogen) atoms. The van der Waals surface area contributed by atoms with E-state index in [2.05, 4.69) is 17.2 Å². The third-order valence-corrected chi connectivity index (χ3v) is 2.98. The lowest BCUT2D eigenvalue weighted by atomic mass is 10.2. The van der Waals surface area contributed by atoms with Gasteiger partial charge in [-0.2, -0.15) is 0 Å². The highest BCUT2D eigenvalue weighted by molar-refractivity contribution is 7.07. The standard InChI is InChI=1S/C9H16N2O2S/c1-6(7(2)13-3)10-4-8-5-14-9(12)11-8/h5-7,10H,4H2,1-3H3,(H,11,12). The van der Waals surface area contributed by atoms with Gasteiger partial charge in [0.2, 0.25) is 0 Å². The molecule has 0 saturated carbocycles. The molecule has 0 spiro atoms. The summed E-state index contributed by atoms with van der Waals surface area (Å²) in [5.74, 6) is 0. The SMILES string of the molecule is COC(C)C(C)NCc1csc(=O)[nH]1. The average Bonchev–Trinajstić information content (AvgIpc) is 2.59. The summed E-state index contributed by atoms with van der Waals surface area (Å²) in [6.45, 7) is 4.74. The summed E-state index contributed by atoms with van der Waals surface area (Å²) in [6, 6.07) is 0.267. The Morgan fingerprint density at radius 1 is 1.64 bits per heavy atom. The fourth-order valence-corrected chi connectivity index (χ4v) is 1.62. The molecule has 1 heterocycles. The van der Waals surface area contributed by atoms with Gasteiger partial charge in [-0.05, 0) is 13.8 Å². The first-order chi connectivity index (χ1) is 6.63. The van der Waals surface area contributed by atoms with E-state index in [1.165, 1.54) is 11.3 Å². The highest BCUT2D eigenvalue weighted by atomic mass is 32.1. The van der Waals surface area contributed by atoms with Gasteiger partial charge in [-0.3, -0.25) is 4.79 Å². The van der Waals surface area contributed by atoms with Crippen LogP contribution in [0.1, 0.15) is 19.5 Å². The zero-order valence-corrected chi connectivity index (χ0v) is 9.48. The van der Waals surface area contributed by atoms with E-state index in [0.29, 0.717) is 6.54 Å². The number of thiazole rings is 1. The second kappa shape index (κ2) is 5.29. The number of hydrogen-bond donors (Lipinski definition) is 2. The molecule has 0 saturated heterocycles. The van der Waals surface area contributed by atoms with Crippen LogP contribution in [0.4, 0.5) is 0 Å². The zero-order chi connectivity index (χ0) is 10.6. The summed E-state index contributed by atoms with van der Waals surface area (Å²) < 4.78 is 5.17. The van der Waals surface area contributed by atoms with Crippen LogP contribution in [0.15, 0.2) is 10.2 Å². The topological polar surface area (TPSA) is 54.1 Å². The Kier molecular flexibility index (Phi) is 4.31. The number of aromatic amines is 1. The third kappa shape index (κ3) is 3.25. The van der Waals surface area contributed by atoms with E-state index >= 15 is 0 Å². The number of nitrogens with one attached hydrogen (secondary N) is 2. The minimum Gasteiger partial charge on any atom is -0.380 e. The maximum atomic E-state index is 10.8. The molecule has 4 nitrogen and oxygen atoms in total. The average molecular weight is 216 g/mol. The predicted molar refractivity (Wildman–Crippen MR) is 57.7 cm³/mol. The van der Waals surface area contributed by atoms with Crippen LogP contribution in [0, 0.1) is 0 Å². The van der Waals surface area contributed by atoms with E-state index in [4.69, 9.17) is 4.74 Å². The first-order valence-electron chi connectivity index (χ1n) is 4.56. The lowest BCUT2D eigenvalue weighted by Gasteiger charge is -2.19. The van der Waals surface area contributed by atoms with Crippen LogP contribution in [0.3, 0.4) is 0 Å². The lowest BCUT2D eigenvalue weighted by Crippen LogP contribution is -2.36. The summed E-state index contributed by atoms with van der Waals surface area (Å²) in [6.07, 6.45) is 0.167. The van der Waals surface area contributed by atoms with Crippen LogP contribution in [0.25, 0.3) is 0 Å². The van der Waals surface area contributed by atoms with Gasteiger partial charge in [0.25, 0.3) is 0 Å². The van der Waals surface area contributed by atoms with Gasteiger partial charge in [0, 0.05) is 30.8 Å². The van der Waals surface area contributed by atoms with Crippen LogP contribution in [-0.4, -0.2) is 24.2 Å². The summed E-state index contributed by atoms with van der Waals surface area (Å²) in [5, 5.41) is 5.11. The van der Waals surface area contributed by atoms with E-state index in [1.807, 2.05) is 12.3 Å². The molecule has 0 radical (unpaired) electrons. The van der Waals surface area contributed by atoms with Gasteiger partial charge < -0.3 is 15.0 Å². The van der Waals surface area contributed by atoms with Crippen molar-refractivity contribution >= 4 is 11.3 Å². The van der Waals surface area contributed by atoms with Gasteiger partial charge in [0.1, 0.15) is 0 Å². The van der Waals surface area contributed by atoms with Gasteiger partial charge in [0.05, 0.1) is 6.10 Å². The first kappa shape index (κ1) is 11.4. The van der Waals surface area contributed by atoms with Crippen molar-refractivity contribution in [2.75, 3.05) is 7.11 Å². The van der Waals surface area contributed by atoms with E-state index in [-0.39, 0.29) is 17.0 Å². The number of ether oxygens (including phenoxy) is 1. The minimum atomic E-state index is -0.00533. The van der Waals surface area contributed by atoms with Gasteiger partial charge in [-0.1, -0.05) is 11.3 Å². The highest BCUT2D eigenvalue weighted by Crippen LogP contribution is 1.99. The quantitative estimate of drug-likeness (QED) is 0.770. The van der Waals surface area contributed by atoms with E-state index in [0.717, 1.165) is 5.69 Å². The Bertz CT molecular complexity index is 321. The monoisotopic (exact) mass is 216 g/mol.